The van der Waals surface area contributed by atoms with Crippen LogP contribution in [0.1, 0.15) is 16.7 Å². The molecule has 0 amide bonds. The van der Waals surface area contributed by atoms with Gasteiger partial charge in [-0.25, -0.2) is 0 Å². The van der Waals surface area contributed by atoms with Gasteiger partial charge in [-0.2, -0.15) is 0 Å². The van der Waals surface area contributed by atoms with E-state index in [1.54, 1.807) is 0 Å². The van der Waals surface area contributed by atoms with Crippen molar-refractivity contribution in [3.8, 4) is 22.3 Å². The van der Waals surface area contributed by atoms with E-state index in [2.05, 4.69) is 151 Å². The topological polar surface area (TPSA) is 24.9 Å². The van der Waals surface area contributed by atoms with Gasteiger partial charge in [-0.3, -0.25) is 4.98 Å². The molecule has 7 aromatic rings. The molecule has 204 valence electrons. The molecule has 0 saturated carbocycles. The maximum Gasteiger partial charge on any atom is 0.0423 e. The summed E-state index contributed by atoms with van der Waals surface area (Å²) in [5.41, 5.74) is 11.1. The molecule has 2 heterocycles. The number of nitrogens with one attached hydrogen (secondary N) is 1. The summed E-state index contributed by atoms with van der Waals surface area (Å²) in [7, 11) is 0. The minimum absolute atomic E-state index is 0.787. The molecule has 0 saturated heterocycles. The molecule has 1 N–H and O–H groups in total. The van der Waals surface area contributed by atoms with Crippen LogP contribution in [0.25, 0.3) is 65.8 Å². The molecule has 2 heteroatoms. The summed E-state index contributed by atoms with van der Waals surface area (Å²) in [6.07, 6.45) is 8.24. The number of pyridine rings is 1. The van der Waals surface area contributed by atoms with Crippen LogP contribution in [0.5, 0.6) is 0 Å². The van der Waals surface area contributed by atoms with E-state index >= 15 is 0 Å². The number of aryl methyl sites for hydroxylation is 1. The normalized spacial score (nSPS) is 13.1. The van der Waals surface area contributed by atoms with E-state index in [4.69, 9.17) is 0 Å². The first-order chi connectivity index (χ1) is 21.3. The van der Waals surface area contributed by atoms with Crippen LogP contribution in [0.3, 0.4) is 0 Å². The Balaban J connectivity index is 1.38. The minimum atomic E-state index is 0.787. The number of fused-ring (bicyclic) bond motifs is 3. The number of hydrogen-bond acceptors (Lipinski definition) is 2. The van der Waals surface area contributed by atoms with Crippen molar-refractivity contribution in [2.75, 3.05) is 6.54 Å². The van der Waals surface area contributed by atoms with Gasteiger partial charge in [-0.05, 0) is 90.8 Å². The summed E-state index contributed by atoms with van der Waals surface area (Å²) < 4.78 is 0. The SMILES string of the molecule is Cc1ccc(-c2c3ccccc3c(-c3cccc4c(C5=CCNC(c6ccncc6)=C5)cccc34)c3ccccc23)cc1. The highest BCUT2D eigenvalue weighted by atomic mass is 14.9. The number of aromatic nitrogens is 1. The highest BCUT2D eigenvalue weighted by Gasteiger charge is 2.19. The van der Waals surface area contributed by atoms with E-state index in [9.17, 15) is 0 Å². The van der Waals surface area contributed by atoms with E-state index in [0.29, 0.717) is 0 Å². The van der Waals surface area contributed by atoms with Crippen molar-refractivity contribution in [1.82, 2.24) is 10.3 Å². The van der Waals surface area contributed by atoms with Gasteiger partial charge in [-0.1, -0.05) is 121 Å². The summed E-state index contributed by atoms with van der Waals surface area (Å²) in [4.78, 5) is 4.20. The lowest BCUT2D eigenvalue weighted by Gasteiger charge is -2.20. The van der Waals surface area contributed by atoms with Crippen LogP contribution in [-0.2, 0) is 0 Å². The average molecular weight is 551 g/mol. The van der Waals surface area contributed by atoms with Crippen LogP contribution >= 0.6 is 0 Å². The lowest BCUT2D eigenvalue weighted by Crippen LogP contribution is -2.16. The van der Waals surface area contributed by atoms with Crippen LogP contribution in [0.2, 0.25) is 0 Å². The average Bonchev–Trinajstić information content (AvgIpc) is 3.08. The van der Waals surface area contributed by atoms with Crippen molar-refractivity contribution in [3.05, 3.63) is 163 Å². The largest absolute Gasteiger partial charge is 0.381 e. The molecule has 1 aliphatic rings. The zero-order valence-electron chi connectivity index (χ0n) is 24.0. The molecule has 0 aliphatic carbocycles. The van der Waals surface area contributed by atoms with Gasteiger partial charge in [0.1, 0.15) is 0 Å². The molecular formula is C41H30N2. The van der Waals surface area contributed by atoms with Crippen molar-refractivity contribution in [2.24, 2.45) is 0 Å². The van der Waals surface area contributed by atoms with Crippen molar-refractivity contribution in [2.45, 2.75) is 6.92 Å². The summed E-state index contributed by atoms with van der Waals surface area (Å²) in [5, 5.41) is 11.2. The second kappa shape index (κ2) is 10.4. The first-order valence-corrected chi connectivity index (χ1v) is 14.9. The monoisotopic (exact) mass is 550 g/mol. The first-order valence-electron chi connectivity index (χ1n) is 14.9. The van der Waals surface area contributed by atoms with Crippen molar-refractivity contribution >= 4 is 43.6 Å². The van der Waals surface area contributed by atoms with Gasteiger partial charge in [0.25, 0.3) is 0 Å². The van der Waals surface area contributed by atoms with Gasteiger partial charge in [0, 0.05) is 30.2 Å². The van der Waals surface area contributed by atoms with Crippen LogP contribution < -0.4 is 5.32 Å². The fourth-order valence-corrected chi connectivity index (χ4v) is 6.67. The third-order valence-corrected chi connectivity index (χ3v) is 8.68. The Hall–Kier alpha value is -5.47. The van der Waals surface area contributed by atoms with Crippen LogP contribution in [-0.4, -0.2) is 11.5 Å². The Bertz CT molecular complexity index is 2160. The first kappa shape index (κ1) is 25.3. The molecule has 43 heavy (non-hydrogen) atoms. The van der Waals surface area contributed by atoms with Gasteiger partial charge in [-0.15, -0.1) is 0 Å². The molecule has 0 atom stereocenters. The highest BCUT2D eigenvalue weighted by Crippen LogP contribution is 2.45. The zero-order chi connectivity index (χ0) is 28.8. The number of hydrogen-bond donors (Lipinski definition) is 1. The molecule has 0 radical (unpaired) electrons. The summed E-state index contributed by atoms with van der Waals surface area (Å²) in [6, 6.07) is 44.4. The van der Waals surface area contributed by atoms with E-state index in [0.717, 1.165) is 17.8 Å². The molecule has 0 unspecified atom stereocenters. The Morgan fingerprint density at radius 2 is 1.07 bits per heavy atom. The molecule has 6 aromatic carbocycles. The predicted octanol–water partition coefficient (Wildman–Crippen LogP) is 10.2. The smallest absolute Gasteiger partial charge is 0.0423 e. The Kier molecular flexibility index (Phi) is 6.12. The van der Waals surface area contributed by atoms with Crippen LogP contribution in [0, 0.1) is 6.92 Å². The summed E-state index contributed by atoms with van der Waals surface area (Å²) in [6.45, 7) is 2.93. The minimum Gasteiger partial charge on any atom is -0.381 e. The summed E-state index contributed by atoms with van der Waals surface area (Å²) >= 11 is 0. The Labute approximate surface area is 251 Å². The Morgan fingerprint density at radius 3 is 1.72 bits per heavy atom. The standard InChI is InChI=1S/C41H30N2/c1-27-16-18-29(19-17-27)40-35-8-2-4-10-37(35)41(38-11-5-3-9-36(38)40)34-15-7-13-32-31(12-6-14-33(32)34)30-22-25-43-39(26-30)28-20-23-42-24-21-28/h2-24,26,43H,25H2,1H3. The maximum atomic E-state index is 4.20. The number of rotatable bonds is 4. The number of benzene rings is 6. The molecule has 0 bridgehead atoms. The molecular weight excluding hydrogens is 520 g/mol. The molecule has 0 spiro atoms. The van der Waals surface area contributed by atoms with Crippen molar-refractivity contribution in [3.63, 3.8) is 0 Å². The maximum absolute atomic E-state index is 4.20. The van der Waals surface area contributed by atoms with E-state index < -0.39 is 0 Å². The fraction of sp³-hybridized carbons (Fsp3) is 0.0488. The third kappa shape index (κ3) is 4.31. The van der Waals surface area contributed by atoms with Gasteiger partial charge in [0.15, 0.2) is 0 Å². The molecule has 0 fully saturated rings. The fourth-order valence-electron chi connectivity index (χ4n) is 6.67. The van der Waals surface area contributed by atoms with Crippen molar-refractivity contribution < 1.29 is 0 Å². The lowest BCUT2D eigenvalue weighted by molar-refractivity contribution is 0.998. The van der Waals surface area contributed by atoms with E-state index in [1.165, 1.54) is 71.3 Å². The van der Waals surface area contributed by atoms with Gasteiger partial charge < -0.3 is 5.32 Å². The third-order valence-electron chi connectivity index (χ3n) is 8.68. The molecule has 2 nitrogen and oxygen atoms in total. The van der Waals surface area contributed by atoms with E-state index in [1.807, 2.05) is 12.4 Å². The lowest BCUT2D eigenvalue weighted by atomic mass is 9.84. The second-order valence-corrected chi connectivity index (χ2v) is 11.2. The molecule has 1 aliphatic heterocycles. The Morgan fingerprint density at radius 1 is 0.512 bits per heavy atom. The number of nitrogens with zero attached hydrogens (tertiary/aromatic N) is 1. The molecule has 1 aromatic heterocycles. The quantitative estimate of drug-likeness (QED) is 0.221. The highest BCUT2D eigenvalue weighted by molar-refractivity contribution is 6.23. The van der Waals surface area contributed by atoms with Gasteiger partial charge in [0.05, 0.1) is 0 Å². The van der Waals surface area contributed by atoms with Crippen molar-refractivity contribution in [1.29, 1.82) is 0 Å². The van der Waals surface area contributed by atoms with Gasteiger partial charge in [0.2, 0.25) is 0 Å². The molecule has 8 rings (SSSR count). The predicted molar refractivity (Wildman–Crippen MR) is 183 cm³/mol. The number of allylic oxidation sites excluding steroid dienone is 2. The second-order valence-electron chi connectivity index (χ2n) is 11.2. The van der Waals surface area contributed by atoms with E-state index in [-0.39, 0.29) is 0 Å². The van der Waals surface area contributed by atoms with Gasteiger partial charge >= 0.3 is 0 Å². The van der Waals surface area contributed by atoms with Crippen LogP contribution in [0.15, 0.2) is 146 Å². The summed E-state index contributed by atoms with van der Waals surface area (Å²) in [5.74, 6) is 0. The van der Waals surface area contributed by atoms with Crippen LogP contribution in [0.4, 0.5) is 0 Å². The zero-order valence-corrected chi connectivity index (χ0v) is 24.0. The number of dihydropyridines is 1.